The first-order valence-corrected chi connectivity index (χ1v) is 6.53. The van der Waals surface area contributed by atoms with Crippen LogP contribution in [-0.2, 0) is 19.4 Å². The van der Waals surface area contributed by atoms with Crippen molar-refractivity contribution in [2.24, 2.45) is 5.73 Å². The van der Waals surface area contributed by atoms with Gasteiger partial charge in [-0.2, -0.15) is 0 Å². The molecule has 0 unspecified atom stereocenters. The van der Waals surface area contributed by atoms with Gasteiger partial charge in [0.2, 0.25) is 5.89 Å². The zero-order valence-electron chi connectivity index (χ0n) is 9.77. The standard InChI is InChI=1S/C11H16N4OS/c1-2-8-4-6-17-9(8)7-13-11-15-14-10(16-11)3-5-12/h4,6H,2-3,5,7,12H2,1H3,(H,13,15). The molecule has 0 fully saturated rings. The van der Waals surface area contributed by atoms with Gasteiger partial charge in [0.1, 0.15) is 0 Å². The number of nitrogens with zero attached hydrogens (tertiary/aromatic N) is 2. The fraction of sp³-hybridized carbons (Fsp3) is 0.455. The van der Waals surface area contributed by atoms with Gasteiger partial charge in [-0.05, 0) is 23.4 Å². The number of nitrogens with one attached hydrogen (secondary N) is 1. The van der Waals surface area contributed by atoms with Crippen molar-refractivity contribution in [3.05, 3.63) is 27.8 Å². The highest BCUT2D eigenvalue weighted by molar-refractivity contribution is 7.10. The second kappa shape index (κ2) is 5.79. The molecule has 0 amide bonds. The summed E-state index contributed by atoms with van der Waals surface area (Å²) in [4.78, 5) is 1.31. The number of aryl methyl sites for hydroxylation is 1. The van der Waals surface area contributed by atoms with E-state index in [-0.39, 0.29) is 0 Å². The molecule has 0 aliphatic heterocycles. The van der Waals surface area contributed by atoms with E-state index in [0.717, 1.165) is 13.0 Å². The quantitative estimate of drug-likeness (QED) is 0.820. The Morgan fingerprint density at radius 2 is 2.35 bits per heavy atom. The average Bonchev–Trinajstić information content (AvgIpc) is 2.95. The molecule has 0 radical (unpaired) electrons. The predicted octanol–water partition coefficient (Wildman–Crippen LogP) is 1.81. The molecular formula is C11H16N4OS. The van der Waals surface area contributed by atoms with Gasteiger partial charge in [0.05, 0.1) is 6.54 Å². The molecule has 3 N–H and O–H groups in total. The van der Waals surface area contributed by atoms with Crippen molar-refractivity contribution in [1.82, 2.24) is 10.2 Å². The zero-order chi connectivity index (χ0) is 12.1. The van der Waals surface area contributed by atoms with E-state index in [4.69, 9.17) is 10.2 Å². The van der Waals surface area contributed by atoms with Gasteiger partial charge in [-0.25, -0.2) is 0 Å². The number of thiophene rings is 1. The smallest absolute Gasteiger partial charge is 0.315 e. The minimum Gasteiger partial charge on any atom is -0.408 e. The van der Waals surface area contributed by atoms with Crippen LogP contribution in [0.25, 0.3) is 0 Å². The summed E-state index contributed by atoms with van der Waals surface area (Å²) in [6.45, 7) is 3.40. The molecule has 2 aromatic rings. The summed E-state index contributed by atoms with van der Waals surface area (Å²) in [5, 5.41) is 13.0. The lowest BCUT2D eigenvalue weighted by atomic mass is 10.2. The Balaban J connectivity index is 1.93. The van der Waals surface area contributed by atoms with Crippen molar-refractivity contribution in [1.29, 1.82) is 0 Å². The van der Waals surface area contributed by atoms with Gasteiger partial charge in [0.25, 0.3) is 0 Å². The van der Waals surface area contributed by atoms with Gasteiger partial charge < -0.3 is 15.5 Å². The van der Waals surface area contributed by atoms with Gasteiger partial charge in [-0.1, -0.05) is 12.0 Å². The summed E-state index contributed by atoms with van der Waals surface area (Å²) in [5.74, 6) is 0.580. The van der Waals surface area contributed by atoms with Gasteiger partial charge in [-0.3, -0.25) is 0 Å². The highest BCUT2D eigenvalue weighted by Gasteiger charge is 2.06. The lowest BCUT2D eigenvalue weighted by Crippen LogP contribution is -2.02. The molecule has 0 saturated heterocycles. The van der Waals surface area contributed by atoms with Crippen molar-refractivity contribution in [3.63, 3.8) is 0 Å². The van der Waals surface area contributed by atoms with Gasteiger partial charge in [0, 0.05) is 17.8 Å². The fourth-order valence-corrected chi connectivity index (χ4v) is 2.46. The van der Waals surface area contributed by atoms with Crippen LogP contribution in [0.1, 0.15) is 23.3 Å². The minimum absolute atomic E-state index is 0.462. The maximum Gasteiger partial charge on any atom is 0.315 e. The van der Waals surface area contributed by atoms with Crippen LogP contribution in [0.15, 0.2) is 15.9 Å². The van der Waals surface area contributed by atoms with Crippen LogP contribution in [0, 0.1) is 0 Å². The van der Waals surface area contributed by atoms with Crippen LogP contribution in [0.4, 0.5) is 6.01 Å². The minimum atomic E-state index is 0.462. The number of aromatic nitrogens is 2. The number of nitrogens with two attached hydrogens (primary N) is 1. The lowest BCUT2D eigenvalue weighted by molar-refractivity contribution is 0.506. The number of rotatable bonds is 6. The average molecular weight is 252 g/mol. The van der Waals surface area contributed by atoms with E-state index >= 15 is 0 Å². The van der Waals surface area contributed by atoms with Crippen molar-refractivity contribution in [2.75, 3.05) is 11.9 Å². The summed E-state index contributed by atoms with van der Waals surface area (Å²) in [6, 6.07) is 2.61. The van der Waals surface area contributed by atoms with Gasteiger partial charge >= 0.3 is 6.01 Å². The summed E-state index contributed by atoms with van der Waals surface area (Å²) in [5.41, 5.74) is 6.78. The van der Waals surface area contributed by atoms with Crippen LogP contribution in [-0.4, -0.2) is 16.7 Å². The molecule has 17 heavy (non-hydrogen) atoms. The highest BCUT2D eigenvalue weighted by atomic mass is 32.1. The Kier molecular flexibility index (Phi) is 4.11. The first kappa shape index (κ1) is 12.1. The number of anilines is 1. The van der Waals surface area contributed by atoms with E-state index in [2.05, 4.69) is 33.9 Å². The van der Waals surface area contributed by atoms with Gasteiger partial charge in [0.15, 0.2) is 0 Å². The van der Waals surface area contributed by atoms with Crippen LogP contribution >= 0.6 is 11.3 Å². The summed E-state index contributed by atoms with van der Waals surface area (Å²) < 4.78 is 5.39. The predicted molar refractivity (Wildman–Crippen MR) is 68.1 cm³/mol. The Labute approximate surface area is 104 Å². The molecule has 0 spiro atoms. The second-order valence-corrected chi connectivity index (χ2v) is 4.62. The molecule has 6 heteroatoms. The van der Waals surface area contributed by atoms with Crippen molar-refractivity contribution >= 4 is 17.4 Å². The maximum absolute atomic E-state index is 5.41. The Morgan fingerprint density at radius 3 is 3.12 bits per heavy atom. The van der Waals surface area contributed by atoms with Crippen molar-refractivity contribution in [3.8, 4) is 0 Å². The summed E-state index contributed by atoms with van der Waals surface area (Å²) >= 11 is 1.74. The SMILES string of the molecule is CCc1ccsc1CNc1nnc(CCN)o1. The van der Waals surface area contributed by atoms with E-state index in [1.807, 2.05) is 0 Å². The van der Waals surface area contributed by atoms with Crippen LogP contribution in [0.5, 0.6) is 0 Å². The van der Waals surface area contributed by atoms with E-state index in [9.17, 15) is 0 Å². The molecule has 0 aliphatic carbocycles. The Bertz CT molecular complexity index is 465. The number of hydrogen-bond acceptors (Lipinski definition) is 6. The molecule has 0 bridgehead atoms. The number of hydrogen-bond donors (Lipinski definition) is 2. The first-order chi connectivity index (χ1) is 8.33. The normalized spacial score (nSPS) is 10.7. The van der Waals surface area contributed by atoms with E-state index in [1.165, 1.54) is 10.4 Å². The third-order valence-corrected chi connectivity index (χ3v) is 3.41. The monoisotopic (exact) mass is 252 g/mol. The van der Waals surface area contributed by atoms with Crippen molar-refractivity contribution in [2.45, 2.75) is 26.3 Å². The lowest BCUT2D eigenvalue weighted by Gasteiger charge is -2.01. The third kappa shape index (κ3) is 3.04. The topological polar surface area (TPSA) is 77.0 Å². The largest absolute Gasteiger partial charge is 0.408 e. The molecule has 2 heterocycles. The van der Waals surface area contributed by atoms with Gasteiger partial charge in [-0.15, -0.1) is 16.4 Å². The molecule has 2 aromatic heterocycles. The molecular weight excluding hydrogens is 236 g/mol. The van der Waals surface area contributed by atoms with Crippen LogP contribution in [0.2, 0.25) is 0 Å². The molecule has 0 saturated carbocycles. The van der Waals surface area contributed by atoms with E-state index in [0.29, 0.717) is 24.9 Å². The molecule has 0 atom stereocenters. The zero-order valence-corrected chi connectivity index (χ0v) is 10.6. The van der Waals surface area contributed by atoms with E-state index < -0.39 is 0 Å². The highest BCUT2D eigenvalue weighted by Crippen LogP contribution is 2.18. The first-order valence-electron chi connectivity index (χ1n) is 5.65. The summed E-state index contributed by atoms with van der Waals surface area (Å²) in [6.07, 6.45) is 1.66. The van der Waals surface area contributed by atoms with Crippen LogP contribution < -0.4 is 11.1 Å². The van der Waals surface area contributed by atoms with Crippen LogP contribution in [0.3, 0.4) is 0 Å². The van der Waals surface area contributed by atoms with E-state index in [1.54, 1.807) is 11.3 Å². The third-order valence-electron chi connectivity index (χ3n) is 2.44. The fourth-order valence-electron chi connectivity index (χ4n) is 1.54. The second-order valence-electron chi connectivity index (χ2n) is 3.62. The Hall–Kier alpha value is -1.40. The molecule has 0 aromatic carbocycles. The summed E-state index contributed by atoms with van der Waals surface area (Å²) in [7, 11) is 0. The molecule has 92 valence electrons. The molecule has 5 nitrogen and oxygen atoms in total. The van der Waals surface area contributed by atoms with Crippen molar-refractivity contribution < 1.29 is 4.42 Å². The molecule has 0 aliphatic rings. The maximum atomic E-state index is 5.41. The molecule has 2 rings (SSSR count). The Morgan fingerprint density at radius 1 is 1.47 bits per heavy atom.